The summed E-state index contributed by atoms with van der Waals surface area (Å²) in [5, 5.41) is 4.49. The van der Waals surface area contributed by atoms with Crippen LogP contribution in [0.4, 0.5) is 5.69 Å². The molecule has 1 aromatic heterocycles. The second-order valence-electron chi connectivity index (χ2n) is 7.35. The van der Waals surface area contributed by atoms with Crippen molar-refractivity contribution in [3.8, 4) is 5.75 Å². The smallest absolute Gasteiger partial charge is 0.246 e. The van der Waals surface area contributed by atoms with Crippen LogP contribution in [0.3, 0.4) is 0 Å². The molecule has 0 saturated carbocycles. The van der Waals surface area contributed by atoms with E-state index in [0.29, 0.717) is 25.3 Å². The van der Waals surface area contributed by atoms with E-state index in [-0.39, 0.29) is 24.4 Å². The summed E-state index contributed by atoms with van der Waals surface area (Å²) in [6.07, 6.45) is 0.332. The zero-order valence-electron chi connectivity index (χ0n) is 17.2. The molecule has 1 aliphatic rings. The highest BCUT2D eigenvalue weighted by Gasteiger charge is 2.33. The molecule has 1 aliphatic heterocycles. The van der Waals surface area contributed by atoms with Crippen LogP contribution in [0.1, 0.15) is 30.3 Å². The summed E-state index contributed by atoms with van der Waals surface area (Å²) in [4.78, 5) is 28.9. The van der Waals surface area contributed by atoms with Crippen molar-refractivity contribution in [1.29, 1.82) is 0 Å². The minimum Gasteiger partial charge on any atom is -0.497 e. The maximum absolute atomic E-state index is 12.8. The highest BCUT2D eigenvalue weighted by Crippen LogP contribution is 2.24. The van der Waals surface area contributed by atoms with E-state index in [1.165, 1.54) is 0 Å². The number of rotatable bonds is 5. The highest BCUT2D eigenvalue weighted by atomic mass is 16.5. The molecule has 0 spiro atoms. The summed E-state index contributed by atoms with van der Waals surface area (Å²) >= 11 is 0. The van der Waals surface area contributed by atoms with Gasteiger partial charge in [-0.1, -0.05) is 6.07 Å². The fourth-order valence-corrected chi connectivity index (χ4v) is 3.56. The van der Waals surface area contributed by atoms with Gasteiger partial charge in [-0.05, 0) is 45.4 Å². The zero-order valence-corrected chi connectivity index (χ0v) is 17.2. The first-order chi connectivity index (χ1) is 13.3. The molecule has 2 amide bonds. The van der Waals surface area contributed by atoms with Gasteiger partial charge in [-0.15, -0.1) is 0 Å². The standard InChI is InChI=1S/C21H28N4O3/c1-14-12-24(18-7-6-8-19(11-18)28-5)21(27)13-23(14)20(26)9-10-25-17(4)15(2)16(3)22-25/h6-8,11,14H,9-10,12-13H2,1-5H3/t14-/m0/s1. The molecule has 150 valence electrons. The summed E-state index contributed by atoms with van der Waals surface area (Å²) in [6.45, 7) is 9.08. The third kappa shape index (κ3) is 3.88. The van der Waals surface area contributed by atoms with Crippen molar-refractivity contribution in [2.75, 3.05) is 25.1 Å². The van der Waals surface area contributed by atoms with Crippen LogP contribution in [0.5, 0.6) is 5.75 Å². The van der Waals surface area contributed by atoms with Gasteiger partial charge in [0.2, 0.25) is 11.8 Å². The lowest BCUT2D eigenvalue weighted by Crippen LogP contribution is -2.57. The van der Waals surface area contributed by atoms with Gasteiger partial charge in [0.25, 0.3) is 0 Å². The van der Waals surface area contributed by atoms with Crippen LogP contribution >= 0.6 is 0 Å². The van der Waals surface area contributed by atoms with Crippen LogP contribution in [0.2, 0.25) is 0 Å². The average Bonchev–Trinajstić information content (AvgIpc) is 2.94. The molecule has 7 heteroatoms. The van der Waals surface area contributed by atoms with Crippen LogP contribution in [0.15, 0.2) is 24.3 Å². The molecule has 28 heavy (non-hydrogen) atoms. The molecular weight excluding hydrogens is 356 g/mol. The Balaban J connectivity index is 1.65. The molecule has 0 unspecified atom stereocenters. The van der Waals surface area contributed by atoms with Crippen molar-refractivity contribution in [1.82, 2.24) is 14.7 Å². The Bertz CT molecular complexity index is 890. The number of carbonyl (C=O) groups is 2. The molecule has 0 aliphatic carbocycles. The molecule has 1 saturated heterocycles. The predicted molar refractivity (Wildman–Crippen MR) is 108 cm³/mol. The third-order valence-electron chi connectivity index (χ3n) is 5.55. The fourth-order valence-electron chi connectivity index (χ4n) is 3.56. The second kappa shape index (κ2) is 8.04. The quantitative estimate of drug-likeness (QED) is 0.794. The lowest BCUT2D eigenvalue weighted by molar-refractivity contribution is -0.139. The van der Waals surface area contributed by atoms with Gasteiger partial charge < -0.3 is 14.5 Å². The second-order valence-corrected chi connectivity index (χ2v) is 7.35. The van der Waals surface area contributed by atoms with Gasteiger partial charge in [-0.3, -0.25) is 14.3 Å². The number of methoxy groups -OCH3 is 1. The summed E-state index contributed by atoms with van der Waals surface area (Å²) in [5.74, 6) is 0.606. The van der Waals surface area contributed by atoms with E-state index in [2.05, 4.69) is 5.10 Å². The number of hydrogen-bond acceptors (Lipinski definition) is 4. The summed E-state index contributed by atoms with van der Waals surface area (Å²) < 4.78 is 7.13. The molecule has 2 aromatic rings. The number of nitrogens with zero attached hydrogens (tertiary/aromatic N) is 4. The van der Waals surface area contributed by atoms with Crippen molar-refractivity contribution >= 4 is 17.5 Å². The molecule has 0 radical (unpaired) electrons. The van der Waals surface area contributed by atoms with E-state index in [4.69, 9.17) is 4.74 Å². The molecule has 2 heterocycles. The monoisotopic (exact) mass is 384 g/mol. The van der Waals surface area contributed by atoms with E-state index in [0.717, 1.165) is 22.6 Å². The lowest BCUT2D eigenvalue weighted by Gasteiger charge is -2.39. The Morgan fingerprint density at radius 1 is 1.29 bits per heavy atom. The lowest BCUT2D eigenvalue weighted by atomic mass is 10.1. The van der Waals surface area contributed by atoms with E-state index in [1.807, 2.05) is 56.6 Å². The van der Waals surface area contributed by atoms with Gasteiger partial charge >= 0.3 is 0 Å². The number of amides is 2. The number of aromatic nitrogens is 2. The Hall–Kier alpha value is -2.83. The van der Waals surface area contributed by atoms with Gasteiger partial charge in [0, 0.05) is 43.0 Å². The molecular formula is C21H28N4O3. The fraction of sp³-hybridized carbons (Fsp3) is 0.476. The van der Waals surface area contributed by atoms with Crippen LogP contribution in [-0.4, -0.2) is 52.7 Å². The van der Waals surface area contributed by atoms with Crippen molar-refractivity contribution < 1.29 is 14.3 Å². The van der Waals surface area contributed by atoms with Crippen molar-refractivity contribution in [2.24, 2.45) is 0 Å². The highest BCUT2D eigenvalue weighted by molar-refractivity contribution is 5.98. The number of anilines is 1. The Morgan fingerprint density at radius 2 is 2.04 bits per heavy atom. The molecule has 3 rings (SSSR count). The van der Waals surface area contributed by atoms with Crippen molar-refractivity contribution in [2.45, 2.75) is 46.7 Å². The van der Waals surface area contributed by atoms with Gasteiger partial charge in [-0.2, -0.15) is 5.10 Å². The Kier molecular flexibility index (Phi) is 5.72. The van der Waals surface area contributed by atoms with Crippen molar-refractivity contribution in [3.05, 3.63) is 41.2 Å². The van der Waals surface area contributed by atoms with Gasteiger partial charge in [0.1, 0.15) is 12.3 Å². The maximum atomic E-state index is 12.8. The number of aryl methyl sites for hydroxylation is 2. The first-order valence-corrected chi connectivity index (χ1v) is 9.56. The maximum Gasteiger partial charge on any atom is 0.246 e. The van der Waals surface area contributed by atoms with Crippen LogP contribution in [0.25, 0.3) is 0 Å². The van der Waals surface area contributed by atoms with Crippen LogP contribution in [-0.2, 0) is 16.1 Å². The molecule has 0 bridgehead atoms. The molecule has 7 nitrogen and oxygen atoms in total. The number of piperazine rings is 1. The molecule has 1 aromatic carbocycles. The minimum atomic E-state index is -0.0818. The largest absolute Gasteiger partial charge is 0.497 e. The number of carbonyl (C=O) groups excluding carboxylic acids is 2. The number of benzene rings is 1. The zero-order chi connectivity index (χ0) is 20.4. The summed E-state index contributed by atoms with van der Waals surface area (Å²) in [6, 6.07) is 7.37. The van der Waals surface area contributed by atoms with Crippen molar-refractivity contribution in [3.63, 3.8) is 0 Å². The number of hydrogen-bond donors (Lipinski definition) is 0. The first kappa shape index (κ1) is 19.9. The predicted octanol–water partition coefficient (Wildman–Crippen LogP) is 2.47. The first-order valence-electron chi connectivity index (χ1n) is 9.56. The van der Waals surface area contributed by atoms with Crippen LogP contribution < -0.4 is 9.64 Å². The molecule has 0 N–H and O–H groups in total. The summed E-state index contributed by atoms with van der Waals surface area (Å²) in [7, 11) is 1.60. The van der Waals surface area contributed by atoms with Gasteiger partial charge in [0.05, 0.1) is 12.8 Å². The minimum absolute atomic E-state index is 0.0173. The SMILES string of the molecule is COc1cccc(N2C[C@H](C)N(C(=O)CCn3nc(C)c(C)c3C)CC2=O)c1. The van der Waals surface area contributed by atoms with E-state index < -0.39 is 0 Å². The van der Waals surface area contributed by atoms with Gasteiger partial charge in [0.15, 0.2) is 0 Å². The van der Waals surface area contributed by atoms with Gasteiger partial charge in [-0.25, -0.2) is 0 Å². The van der Waals surface area contributed by atoms with E-state index in [9.17, 15) is 9.59 Å². The van der Waals surface area contributed by atoms with E-state index >= 15 is 0 Å². The Labute approximate surface area is 165 Å². The number of ether oxygens (including phenoxy) is 1. The topological polar surface area (TPSA) is 67.7 Å². The third-order valence-corrected chi connectivity index (χ3v) is 5.55. The average molecular weight is 384 g/mol. The molecule has 1 atom stereocenters. The van der Waals surface area contributed by atoms with Crippen LogP contribution in [0, 0.1) is 20.8 Å². The summed E-state index contributed by atoms with van der Waals surface area (Å²) in [5.41, 5.74) is 4.02. The van der Waals surface area contributed by atoms with E-state index in [1.54, 1.807) is 16.9 Å². The normalized spacial score (nSPS) is 17.2. The molecule has 1 fully saturated rings. The Morgan fingerprint density at radius 3 is 2.68 bits per heavy atom.